The third kappa shape index (κ3) is 4.54. The Morgan fingerprint density at radius 2 is 1.81 bits per heavy atom. The molecule has 0 saturated heterocycles. The molecule has 6 nitrogen and oxygen atoms in total. The van der Waals surface area contributed by atoms with E-state index in [1.165, 1.54) is 0 Å². The van der Waals surface area contributed by atoms with Crippen LogP contribution in [0, 0.1) is 0 Å². The van der Waals surface area contributed by atoms with Gasteiger partial charge in [-0.1, -0.05) is 18.2 Å². The number of amides is 1. The van der Waals surface area contributed by atoms with Gasteiger partial charge in [-0.05, 0) is 63.1 Å². The molecule has 0 radical (unpaired) electrons. The molecule has 1 aliphatic carbocycles. The van der Waals surface area contributed by atoms with Crippen LogP contribution in [0.2, 0.25) is 0 Å². The number of aromatic nitrogens is 2. The normalized spacial score (nSPS) is 13.5. The fraction of sp³-hybridized carbons (Fsp3) is 0.308. The number of rotatable bonds is 8. The first kappa shape index (κ1) is 21.7. The first-order valence-corrected chi connectivity index (χ1v) is 10.9. The van der Waals surface area contributed by atoms with Gasteiger partial charge in [-0.25, -0.2) is 4.68 Å². The van der Waals surface area contributed by atoms with Crippen LogP contribution >= 0.6 is 0 Å². The fourth-order valence-electron chi connectivity index (χ4n) is 3.89. The second-order valence-electron chi connectivity index (χ2n) is 8.19. The van der Waals surface area contributed by atoms with E-state index < -0.39 is 0 Å². The van der Waals surface area contributed by atoms with Crippen molar-refractivity contribution in [2.24, 2.45) is 0 Å². The van der Waals surface area contributed by atoms with E-state index in [-0.39, 0.29) is 11.9 Å². The highest BCUT2D eigenvalue weighted by Crippen LogP contribution is 2.34. The average Bonchev–Trinajstić information content (AvgIpc) is 3.54. The zero-order chi connectivity index (χ0) is 22.7. The quantitative estimate of drug-likeness (QED) is 0.473. The van der Waals surface area contributed by atoms with Crippen molar-refractivity contribution in [3.63, 3.8) is 0 Å². The van der Waals surface area contributed by atoms with Crippen LogP contribution in [-0.4, -0.2) is 46.9 Å². The Bertz CT molecular complexity index is 1110. The Labute approximate surface area is 189 Å². The first-order chi connectivity index (χ1) is 15.5. The lowest BCUT2D eigenvalue weighted by atomic mass is 10.1. The van der Waals surface area contributed by atoms with Crippen LogP contribution < -0.4 is 9.47 Å². The van der Waals surface area contributed by atoms with E-state index in [1.807, 2.05) is 70.4 Å². The van der Waals surface area contributed by atoms with Gasteiger partial charge < -0.3 is 14.4 Å². The molecule has 0 spiro atoms. The van der Waals surface area contributed by atoms with Crippen molar-refractivity contribution >= 4 is 12.0 Å². The summed E-state index contributed by atoms with van der Waals surface area (Å²) in [4.78, 5) is 14.9. The lowest BCUT2D eigenvalue weighted by Gasteiger charge is -2.25. The largest absolute Gasteiger partial charge is 0.493 e. The van der Waals surface area contributed by atoms with Gasteiger partial charge in [0.2, 0.25) is 5.91 Å². The van der Waals surface area contributed by atoms with Gasteiger partial charge in [0.25, 0.3) is 0 Å². The van der Waals surface area contributed by atoms with Crippen molar-refractivity contribution in [2.75, 3.05) is 14.2 Å². The maximum atomic E-state index is 12.9. The summed E-state index contributed by atoms with van der Waals surface area (Å²) in [5, 5.41) is 4.83. The molecule has 2 aromatic carbocycles. The van der Waals surface area contributed by atoms with Gasteiger partial charge >= 0.3 is 0 Å². The SMILES string of the molecule is COc1ccc(-c2nn(-c3ccccc3)cc2/C=C/C(=O)N(C(C)C)C2CC2)cc1OC. The molecule has 1 aliphatic rings. The molecule has 166 valence electrons. The van der Waals surface area contributed by atoms with Crippen LogP contribution in [-0.2, 0) is 4.79 Å². The Morgan fingerprint density at radius 1 is 1.09 bits per heavy atom. The van der Waals surface area contributed by atoms with Crippen LogP contribution in [0.3, 0.4) is 0 Å². The molecule has 0 atom stereocenters. The van der Waals surface area contributed by atoms with E-state index in [1.54, 1.807) is 20.3 Å². The summed E-state index contributed by atoms with van der Waals surface area (Å²) in [7, 11) is 3.23. The Balaban J connectivity index is 1.74. The molecule has 6 heteroatoms. The van der Waals surface area contributed by atoms with E-state index in [2.05, 4.69) is 13.8 Å². The lowest BCUT2D eigenvalue weighted by molar-refractivity contribution is -0.128. The highest BCUT2D eigenvalue weighted by atomic mass is 16.5. The van der Waals surface area contributed by atoms with Crippen LogP contribution in [0.5, 0.6) is 11.5 Å². The van der Waals surface area contributed by atoms with Crippen molar-refractivity contribution in [3.05, 3.63) is 66.4 Å². The monoisotopic (exact) mass is 431 g/mol. The fourth-order valence-corrected chi connectivity index (χ4v) is 3.89. The highest BCUT2D eigenvalue weighted by Gasteiger charge is 2.33. The maximum absolute atomic E-state index is 12.9. The molecule has 1 saturated carbocycles. The average molecular weight is 432 g/mol. The van der Waals surface area contributed by atoms with E-state index in [4.69, 9.17) is 14.6 Å². The number of carbonyl (C=O) groups excluding carboxylic acids is 1. The second-order valence-corrected chi connectivity index (χ2v) is 8.19. The Kier molecular flexibility index (Phi) is 6.30. The number of benzene rings is 2. The number of nitrogens with zero attached hydrogens (tertiary/aromatic N) is 3. The van der Waals surface area contributed by atoms with Crippen LogP contribution in [0.25, 0.3) is 23.0 Å². The third-order valence-electron chi connectivity index (χ3n) is 5.58. The maximum Gasteiger partial charge on any atom is 0.247 e. The van der Waals surface area contributed by atoms with Crippen molar-refractivity contribution in [1.29, 1.82) is 0 Å². The second kappa shape index (κ2) is 9.30. The molecule has 0 N–H and O–H groups in total. The summed E-state index contributed by atoms with van der Waals surface area (Å²) in [6.45, 7) is 4.12. The molecule has 1 fully saturated rings. The Morgan fingerprint density at radius 3 is 2.44 bits per heavy atom. The Hall–Kier alpha value is -3.54. The van der Waals surface area contributed by atoms with Gasteiger partial charge in [-0.2, -0.15) is 5.10 Å². The molecule has 1 amide bonds. The van der Waals surface area contributed by atoms with Gasteiger partial charge in [0, 0.05) is 35.5 Å². The van der Waals surface area contributed by atoms with Crippen LogP contribution in [0.15, 0.2) is 60.8 Å². The van der Waals surface area contributed by atoms with Gasteiger partial charge in [0.15, 0.2) is 11.5 Å². The van der Waals surface area contributed by atoms with Crippen LogP contribution in [0.1, 0.15) is 32.3 Å². The molecule has 3 aromatic rings. The van der Waals surface area contributed by atoms with Crippen molar-refractivity contribution in [1.82, 2.24) is 14.7 Å². The minimum Gasteiger partial charge on any atom is -0.493 e. The summed E-state index contributed by atoms with van der Waals surface area (Å²) >= 11 is 0. The van der Waals surface area contributed by atoms with E-state index in [0.717, 1.165) is 35.3 Å². The summed E-state index contributed by atoms with van der Waals surface area (Å²) in [5.41, 5.74) is 3.45. The molecule has 4 rings (SSSR count). The molecule has 0 bridgehead atoms. The molecule has 0 aliphatic heterocycles. The number of carbonyl (C=O) groups is 1. The number of ether oxygens (including phenoxy) is 2. The van der Waals surface area contributed by atoms with Crippen molar-refractivity contribution in [2.45, 2.75) is 38.8 Å². The predicted octanol–water partition coefficient (Wildman–Crippen LogP) is 4.97. The summed E-state index contributed by atoms with van der Waals surface area (Å²) in [5.74, 6) is 1.32. The zero-order valence-corrected chi connectivity index (χ0v) is 19.0. The molecule has 1 aromatic heterocycles. The molecular weight excluding hydrogens is 402 g/mol. The lowest BCUT2D eigenvalue weighted by Crippen LogP contribution is -2.37. The smallest absolute Gasteiger partial charge is 0.247 e. The van der Waals surface area contributed by atoms with Gasteiger partial charge in [-0.3, -0.25) is 4.79 Å². The first-order valence-electron chi connectivity index (χ1n) is 10.9. The van der Waals surface area contributed by atoms with Gasteiger partial charge in [0.05, 0.1) is 19.9 Å². The van der Waals surface area contributed by atoms with Crippen molar-refractivity contribution in [3.8, 4) is 28.4 Å². The summed E-state index contributed by atoms with van der Waals surface area (Å²) in [6.07, 6.45) is 7.64. The van der Waals surface area contributed by atoms with Crippen molar-refractivity contribution < 1.29 is 14.3 Å². The molecule has 1 heterocycles. The van der Waals surface area contributed by atoms with Gasteiger partial charge in [0.1, 0.15) is 5.69 Å². The topological polar surface area (TPSA) is 56.6 Å². The molecular formula is C26H29N3O3. The number of hydrogen-bond acceptors (Lipinski definition) is 4. The minimum atomic E-state index is 0.0354. The predicted molar refractivity (Wildman–Crippen MR) is 126 cm³/mol. The van der Waals surface area contributed by atoms with Crippen LogP contribution in [0.4, 0.5) is 0 Å². The number of hydrogen-bond donors (Lipinski definition) is 0. The summed E-state index contributed by atoms with van der Waals surface area (Å²) < 4.78 is 12.7. The highest BCUT2D eigenvalue weighted by molar-refractivity contribution is 5.93. The molecule has 0 unspecified atom stereocenters. The van der Waals surface area contributed by atoms with Gasteiger partial charge in [-0.15, -0.1) is 0 Å². The van der Waals surface area contributed by atoms with E-state index in [9.17, 15) is 4.79 Å². The molecule has 32 heavy (non-hydrogen) atoms. The zero-order valence-electron chi connectivity index (χ0n) is 19.0. The minimum absolute atomic E-state index is 0.0354. The van der Waals surface area contributed by atoms with E-state index in [0.29, 0.717) is 17.5 Å². The summed E-state index contributed by atoms with van der Waals surface area (Å²) in [6, 6.07) is 16.2. The number of methoxy groups -OCH3 is 2. The standard InChI is InChI=1S/C26H29N3O3/c1-18(2)29(22-12-13-22)25(30)15-11-20-17-28(21-8-6-5-7-9-21)27-26(20)19-10-14-23(31-3)24(16-19)32-4/h5-11,14-18,22H,12-13H2,1-4H3/b15-11+. The third-order valence-corrected chi connectivity index (χ3v) is 5.58. The van der Waals surface area contributed by atoms with E-state index >= 15 is 0 Å². The number of para-hydroxylation sites is 1.